The van der Waals surface area contributed by atoms with Gasteiger partial charge in [-0.05, 0) is 51.8 Å². The molecular formula is C24H32N6O3. The third-order valence-corrected chi connectivity index (χ3v) is 7.09. The lowest BCUT2D eigenvalue weighted by Crippen LogP contribution is -2.48. The van der Waals surface area contributed by atoms with Crippen LogP contribution in [0, 0.1) is 0 Å². The van der Waals surface area contributed by atoms with Crippen LogP contribution in [0.2, 0.25) is 0 Å². The maximum Gasteiger partial charge on any atom is 0.230 e. The van der Waals surface area contributed by atoms with Crippen LogP contribution in [0.3, 0.4) is 0 Å². The number of carbonyl (C=O) groups excluding carboxylic acids is 1. The monoisotopic (exact) mass is 452 g/mol. The highest BCUT2D eigenvalue weighted by atomic mass is 16.5. The van der Waals surface area contributed by atoms with Gasteiger partial charge in [0.2, 0.25) is 17.6 Å². The summed E-state index contributed by atoms with van der Waals surface area (Å²) in [5.41, 5.74) is 1.93. The van der Waals surface area contributed by atoms with Crippen molar-refractivity contribution < 1.29 is 14.1 Å². The molecule has 2 aliphatic rings. The van der Waals surface area contributed by atoms with Crippen LogP contribution in [0.15, 0.2) is 28.9 Å². The number of amides is 1. The van der Waals surface area contributed by atoms with Crippen molar-refractivity contribution in [2.75, 3.05) is 32.8 Å². The summed E-state index contributed by atoms with van der Waals surface area (Å²) in [4.78, 5) is 20.9. The first-order chi connectivity index (χ1) is 16.1. The largest absolute Gasteiger partial charge is 0.360 e. The Morgan fingerprint density at radius 1 is 1.15 bits per heavy atom. The number of hydrogen-bond donors (Lipinski definition) is 0. The third kappa shape index (κ3) is 4.52. The Kier molecular flexibility index (Phi) is 6.41. The van der Waals surface area contributed by atoms with Crippen molar-refractivity contribution in [3.63, 3.8) is 0 Å². The molecule has 4 heterocycles. The minimum Gasteiger partial charge on any atom is -0.360 e. The Balaban J connectivity index is 1.23. The van der Waals surface area contributed by atoms with Gasteiger partial charge in [-0.25, -0.2) is 4.68 Å². The van der Waals surface area contributed by atoms with Crippen LogP contribution in [-0.2, 0) is 16.3 Å². The molecule has 0 N–H and O–H groups in total. The Hall–Kier alpha value is -2.78. The first-order valence-corrected chi connectivity index (χ1v) is 12.0. The van der Waals surface area contributed by atoms with E-state index in [1.165, 1.54) is 0 Å². The van der Waals surface area contributed by atoms with Crippen LogP contribution < -0.4 is 0 Å². The molecule has 0 atom stereocenters. The third-order valence-electron chi connectivity index (χ3n) is 7.09. The van der Waals surface area contributed by atoms with Crippen molar-refractivity contribution in [3.05, 3.63) is 30.3 Å². The summed E-state index contributed by atoms with van der Waals surface area (Å²) in [7, 11) is 0. The lowest BCUT2D eigenvalue weighted by atomic mass is 9.93. The minimum atomic E-state index is 0.191. The number of benzene rings is 1. The summed E-state index contributed by atoms with van der Waals surface area (Å²) in [6, 6.07) is 6.61. The Labute approximate surface area is 193 Å². The fourth-order valence-electron chi connectivity index (χ4n) is 5.15. The van der Waals surface area contributed by atoms with Gasteiger partial charge in [-0.15, -0.1) is 0 Å². The molecule has 0 bridgehead atoms. The number of likely N-dealkylation sites (tertiary alicyclic amines) is 2. The van der Waals surface area contributed by atoms with E-state index in [1.54, 1.807) is 6.92 Å². The van der Waals surface area contributed by atoms with Gasteiger partial charge in [-0.2, -0.15) is 10.1 Å². The summed E-state index contributed by atoms with van der Waals surface area (Å²) < 4.78 is 13.1. The van der Waals surface area contributed by atoms with Crippen molar-refractivity contribution in [1.82, 2.24) is 29.7 Å². The Bertz CT molecular complexity index is 1090. The second-order valence-electron chi connectivity index (χ2n) is 9.01. The first kappa shape index (κ1) is 22.0. The predicted molar refractivity (Wildman–Crippen MR) is 123 cm³/mol. The van der Waals surface area contributed by atoms with Crippen LogP contribution in [0.1, 0.15) is 51.3 Å². The van der Waals surface area contributed by atoms with E-state index in [9.17, 15) is 4.79 Å². The van der Waals surface area contributed by atoms with E-state index in [0.717, 1.165) is 74.2 Å². The molecule has 9 heteroatoms. The van der Waals surface area contributed by atoms with Crippen molar-refractivity contribution in [1.29, 1.82) is 0 Å². The van der Waals surface area contributed by atoms with Crippen LogP contribution in [-0.4, -0.2) is 74.5 Å². The van der Waals surface area contributed by atoms with E-state index >= 15 is 0 Å². The molecule has 2 aliphatic heterocycles. The number of rotatable bonds is 6. The van der Waals surface area contributed by atoms with E-state index in [1.807, 2.05) is 40.9 Å². The molecule has 176 valence electrons. The standard InChI is InChI=1S/C24H32N6O3/c1-3-32-16-30-22-6-4-5-20(21(22)15-25-30)23-26-24(33-27-23)18-7-11-29(12-8-18)19-9-13-28(14-10-19)17(2)31/h4-6,15,18-19H,3,7-14,16H2,1-2H3. The van der Waals surface area contributed by atoms with Gasteiger partial charge in [-0.1, -0.05) is 17.3 Å². The maximum atomic E-state index is 11.6. The number of aromatic nitrogens is 4. The molecular weight excluding hydrogens is 420 g/mol. The van der Waals surface area contributed by atoms with Crippen molar-refractivity contribution in [3.8, 4) is 11.4 Å². The number of hydrogen-bond acceptors (Lipinski definition) is 7. The number of fused-ring (bicyclic) bond motifs is 1. The topological polar surface area (TPSA) is 89.5 Å². The lowest BCUT2D eigenvalue weighted by Gasteiger charge is -2.41. The fourth-order valence-corrected chi connectivity index (χ4v) is 5.15. The minimum absolute atomic E-state index is 0.191. The molecule has 9 nitrogen and oxygen atoms in total. The summed E-state index contributed by atoms with van der Waals surface area (Å²) in [6.07, 6.45) is 6.01. The molecule has 2 saturated heterocycles. The van der Waals surface area contributed by atoms with Crippen LogP contribution >= 0.6 is 0 Å². The number of piperidine rings is 2. The number of ether oxygens (including phenoxy) is 1. The molecule has 3 aromatic rings. The summed E-state index contributed by atoms with van der Waals surface area (Å²) >= 11 is 0. The molecule has 0 aliphatic carbocycles. The zero-order chi connectivity index (χ0) is 22.8. The smallest absolute Gasteiger partial charge is 0.230 e. The second kappa shape index (κ2) is 9.61. The molecule has 2 aromatic heterocycles. The van der Waals surface area contributed by atoms with Crippen LogP contribution in [0.4, 0.5) is 0 Å². The van der Waals surface area contributed by atoms with E-state index < -0.39 is 0 Å². The van der Waals surface area contributed by atoms with Crippen molar-refractivity contribution in [2.24, 2.45) is 0 Å². The highest BCUT2D eigenvalue weighted by molar-refractivity contribution is 5.92. The van der Waals surface area contributed by atoms with E-state index in [0.29, 0.717) is 31.1 Å². The summed E-state index contributed by atoms with van der Waals surface area (Å²) in [5, 5.41) is 9.77. The van der Waals surface area contributed by atoms with Gasteiger partial charge in [0.05, 0.1) is 11.7 Å². The molecule has 2 fully saturated rings. The van der Waals surface area contributed by atoms with Crippen LogP contribution in [0.5, 0.6) is 0 Å². The van der Waals surface area contributed by atoms with Crippen LogP contribution in [0.25, 0.3) is 22.3 Å². The molecule has 0 saturated carbocycles. The van der Waals surface area contributed by atoms with Gasteiger partial charge in [0, 0.05) is 49.5 Å². The SMILES string of the molecule is CCOCn1ncc2c(-c3noc(C4CCN(C5CCN(C(C)=O)CC5)CC4)n3)cccc21. The molecule has 1 aromatic carbocycles. The summed E-state index contributed by atoms with van der Waals surface area (Å²) in [5.74, 6) is 1.83. The highest BCUT2D eigenvalue weighted by Crippen LogP contribution is 2.32. The fraction of sp³-hybridized carbons (Fsp3) is 0.583. The second-order valence-corrected chi connectivity index (χ2v) is 9.01. The van der Waals surface area contributed by atoms with Gasteiger partial charge in [0.1, 0.15) is 6.73 Å². The molecule has 33 heavy (non-hydrogen) atoms. The molecule has 5 rings (SSSR count). The van der Waals surface area contributed by atoms with Gasteiger partial charge in [0.15, 0.2) is 0 Å². The van der Waals surface area contributed by atoms with Gasteiger partial charge in [-0.3, -0.25) is 4.79 Å². The van der Waals surface area contributed by atoms with Crippen molar-refractivity contribution in [2.45, 2.75) is 58.2 Å². The zero-order valence-electron chi connectivity index (χ0n) is 19.4. The molecule has 0 spiro atoms. The Morgan fingerprint density at radius 2 is 1.94 bits per heavy atom. The summed E-state index contributed by atoms with van der Waals surface area (Å²) in [6.45, 7) is 8.52. The van der Waals surface area contributed by atoms with Gasteiger partial charge in [0.25, 0.3) is 0 Å². The molecule has 1 amide bonds. The number of nitrogens with zero attached hydrogens (tertiary/aromatic N) is 6. The number of carbonyl (C=O) groups is 1. The normalized spacial score (nSPS) is 18.9. The first-order valence-electron chi connectivity index (χ1n) is 12.0. The average Bonchev–Trinajstić information content (AvgIpc) is 3.50. The van der Waals surface area contributed by atoms with E-state index in [2.05, 4.69) is 15.2 Å². The quantitative estimate of drug-likeness (QED) is 0.567. The van der Waals surface area contributed by atoms with Crippen molar-refractivity contribution >= 4 is 16.8 Å². The van der Waals surface area contributed by atoms with E-state index in [-0.39, 0.29) is 5.91 Å². The van der Waals surface area contributed by atoms with E-state index in [4.69, 9.17) is 14.2 Å². The van der Waals surface area contributed by atoms with Gasteiger partial charge >= 0.3 is 0 Å². The highest BCUT2D eigenvalue weighted by Gasteiger charge is 2.31. The average molecular weight is 453 g/mol. The lowest BCUT2D eigenvalue weighted by molar-refractivity contribution is -0.130. The molecule has 0 unspecified atom stereocenters. The zero-order valence-corrected chi connectivity index (χ0v) is 19.4. The Morgan fingerprint density at radius 3 is 2.67 bits per heavy atom. The maximum absolute atomic E-state index is 11.6. The predicted octanol–water partition coefficient (Wildman–Crippen LogP) is 3.27. The van der Waals surface area contributed by atoms with Gasteiger partial charge < -0.3 is 19.1 Å². The molecule has 0 radical (unpaired) electrons.